The van der Waals surface area contributed by atoms with E-state index in [4.69, 9.17) is 0 Å². The van der Waals surface area contributed by atoms with E-state index in [2.05, 4.69) is 21.7 Å². The minimum atomic E-state index is -0.262. The van der Waals surface area contributed by atoms with Crippen LogP contribution in [0, 0.1) is 16.0 Å². The van der Waals surface area contributed by atoms with E-state index in [0.717, 1.165) is 36.9 Å². The number of piperazine rings is 1. The number of hydrogen-bond acceptors (Lipinski definition) is 6. The van der Waals surface area contributed by atoms with E-state index in [0.29, 0.717) is 0 Å². The lowest BCUT2D eigenvalue weighted by Gasteiger charge is -2.38. The topological polar surface area (TPSA) is 52.9 Å². The maximum absolute atomic E-state index is 11.1. The second-order valence-corrected chi connectivity index (χ2v) is 7.30. The zero-order valence-corrected chi connectivity index (χ0v) is 13.9. The monoisotopic (exact) mass is 324 g/mol. The van der Waals surface area contributed by atoms with Gasteiger partial charge in [-0.25, -0.2) is 0 Å². The second-order valence-electron chi connectivity index (χ2n) is 6.40. The summed E-state index contributed by atoms with van der Waals surface area (Å²) in [7, 11) is 2.18. The Morgan fingerprint density at radius 2 is 1.91 bits per heavy atom. The highest BCUT2D eigenvalue weighted by Crippen LogP contribution is 2.36. The molecule has 1 aromatic heterocycles. The van der Waals surface area contributed by atoms with Crippen LogP contribution in [0.5, 0.6) is 0 Å². The first-order valence-corrected chi connectivity index (χ1v) is 8.89. The SMILES string of the molecule is CN1CCN(CC2CCN(c3sccc3[N+](=O)[O-])CC2)CC1. The molecule has 7 heteroatoms. The van der Waals surface area contributed by atoms with Crippen LogP contribution in [0.4, 0.5) is 10.7 Å². The van der Waals surface area contributed by atoms with Gasteiger partial charge in [0.15, 0.2) is 5.00 Å². The number of anilines is 1. The van der Waals surface area contributed by atoms with Gasteiger partial charge in [-0.2, -0.15) is 0 Å². The smallest absolute Gasteiger partial charge is 0.303 e. The highest BCUT2D eigenvalue weighted by molar-refractivity contribution is 7.14. The van der Waals surface area contributed by atoms with Gasteiger partial charge >= 0.3 is 5.69 Å². The normalized spacial score (nSPS) is 22.1. The minimum Gasteiger partial charge on any atom is -0.358 e. The van der Waals surface area contributed by atoms with Crippen LogP contribution in [0.2, 0.25) is 0 Å². The lowest BCUT2D eigenvalue weighted by atomic mass is 9.96. The molecule has 0 unspecified atom stereocenters. The fourth-order valence-electron chi connectivity index (χ4n) is 3.38. The van der Waals surface area contributed by atoms with Crippen molar-refractivity contribution in [3.8, 4) is 0 Å². The van der Waals surface area contributed by atoms with E-state index in [1.54, 1.807) is 6.07 Å². The fourth-order valence-corrected chi connectivity index (χ4v) is 4.31. The third-order valence-corrected chi connectivity index (χ3v) is 5.80. The Balaban J connectivity index is 1.50. The van der Waals surface area contributed by atoms with Gasteiger partial charge in [0.2, 0.25) is 0 Å². The first-order valence-electron chi connectivity index (χ1n) is 8.01. The highest BCUT2D eigenvalue weighted by atomic mass is 32.1. The molecule has 0 radical (unpaired) electrons. The van der Waals surface area contributed by atoms with Gasteiger partial charge < -0.3 is 14.7 Å². The van der Waals surface area contributed by atoms with E-state index in [9.17, 15) is 10.1 Å². The van der Waals surface area contributed by atoms with Gasteiger partial charge in [-0.05, 0) is 31.2 Å². The van der Waals surface area contributed by atoms with E-state index in [-0.39, 0.29) is 10.6 Å². The molecule has 0 atom stereocenters. The molecule has 0 saturated carbocycles. The predicted octanol–water partition coefficient (Wildman–Crippen LogP) is 2.12. The Hall–Kier alpha value is -1.18. The Bertz CT molecular complexity index is 505. The minimum absolute atomic E-state index is 0.262. The van der Waals surface area contributed by atoms with Gasteiger partial charge in [0, 0.05) is 51.9 Å². The number of rotatable bonds is 4. The zero-order chi connectivity index (χ0) is 15.5. The van der Waals surface area contributed by atoms with Crippen molar-refractivity contribution in [2.45, 2.75) is 12.8 Å². The molecule has 0 amide bonds. The fraction of sp³-hybridized carbons (Fsp3) is 0.733. The number of piperidine rings is 1. The third-order valence-electron chi connectivity index (χ3n) is 4.84. The van der Waals surface area contributed by atoms with Crippen LogP contribution in [0.1, 0.15) is 12.8 Å². The molecule has 122 valence electrons. The molecule has 3 heterocycles. The summed E-state index contributed by atoms with van der Waals surface area (Å²) < 4.78 is 0. The molecule has 0 aromatic carbocycles. The van der Waals surface area contributed by atoms with E-state index < -0.39 is 0 Å². The molecular formula is C15H24N4O2S. The Labute approximate surface area is 135 Å². The molecule has 2 aliphatic heterocycles. The average molecular weight is 324 g/mol. The summed E-state index contributed by atoms with van der Waals surface area (Å²) in [5, 5.41) is 13.7. The quantitative estimate of drug-likeness (QED) is 0.627. The van der Waals surface area contributed by atoms with Gasteiger partial charge in [0.05, 0.1) is 4.92 Å². The van der Waals surface area contributed by atoms with Crippen molar-refractivity contribution in [1.82, 2.24) is 9.80 Å². The summed E-state index contributed by atoms with van der Waals surface area (Å²) in [5.41, 5.74) is 0.266. The lowest BCUT2D eigenvalue weighted by molar-refractivity contribution is -0.383. The van der Waals surface area contributed by atoms with Gasteiger partial charge in [-0.3, -0.25) is 10.1 Å². The molecule has 6 nitrogen and oxygen atoms in total. The Morgan fingerprint density at radius 3 is 2.55 bits per heavy atom. The summed E-state index contributed by atoms with van der Waals surface area (Å²) in [6.45, 7) is 7.76. The predicted molar refractivity (Wildman–Crippen MR) is 89.8 cm³/mol. The van der Waals surface area contributed by atoms with Crippen molar-refractivity contribution < 1.29 is 4.92 Å². The van der Waals surface area contributed by atoms with Crippen molar-refractivity contribution in [3.63, 3.8) is 0 Å². The largest absolute Gasteiger partial charge is 0.358 e. The molecule has 2 aliphatic rings. The highest BCUT2D eigenvalue weighted by Gasteiger charge is 2.27. The molecule has 1 aromatic rings. The van der Waals surface area contributed by atoms with Crippen molar-refractivity contribution in [1.29, 1.82) is 0 Å². The maximum Gasteiger partial charge on any atom is 0.303 e. The molecule has 0 N–H and O–H groups in total. The van der Waals surface area contributed by atoms with Gasteiger partial charge in [-0.15, -0.1) is 11.3 Å². The van der Waals surface area contributed by atoms with Crippen LogP contribution in [0.15, 0.2) is 11.4 Å². The number of hydrogen-bond donors (Lipinski definition) is 0. The van der Waals surface area contributed by atoms with Crippen molar-refractivity contribution >= 4 is 22.0 Å². The van der Waals surface area contributed by atoms with Crippen LogP contribution in [-0.2, 0) is 0 Å². The van der Waals surface area contributed by atoms with Crippen LogP contribution >= 0.6 is 11.3 Å². The number of thiophene rings is 1. The summed E-state index contributed by atoms with van der Waals surface area (Å²) in [6, 6.07) is 1.62. The van der Waals surface area contributed by atoms with E-state index in [1.807, 2.05) is 5.38 Å². The van der Waals surface area contributed by atoms with Gasteiger partial charge in [-0.1, -0.05) is 0 Å². The van der Waals surface area contributed by atoms with Crippen molar-refractivity contribution in [3.05, 3.63) is 21.6 Å². The molecule has 0 bridgehead atoms. The first kappa shape index (κ1) is 15.7. The van der Waals surface area contributed by atoms with Gasteiger partial charge in [0.1, 0.15) is 0 Å². The molecule has 2 fully saturated rings. The van der Waals surface area contributed by atoms with Crippen LogP contribution in [-0.4, -0.2) is 67.6 Å². The van der Waals surface area contributed by atoms with Crippen molar-refractivity contribution in [2.75, 3.05) is 57.8 Å². The Morgan fingerprint density at radius 1 is 1.23 bits per heavy atom. The second kappa shape index (κ2) is 6.93. The summed E-state index contributed by atoms with van der Waals surface area (Å²) >= 11 is 1.49. The summed E-state index contributed by atoms with van der Waals surface area (Å²) in [5.74, 6) is 0.735. The number of likely N-dealkylation sites (N-methyl/N-ethyl adjacent to an activating group) is 1. The number of nitro groups is 1. The molecule has 0 spiro atoms. The van der Waals surface area contributed by atoms with Crippen LogP contribution in [0.3, 0.4) is 0 Å². The molecule has 3 rings (SSSR count). The molecule has 0 aliphatic carbocycles. The van der Waals surface area contributed by atoms with Gasteiger partial charge in [0.25, 0.3) is 0 Å². The van der Waals surface area contributed by atoms with Crippen LogP contribution in [0.25, 0.3) is 0 Å². The van der Waals surface area contributed by atoms with Crippen molar-refractivity contribution in [2.24, 2.45) is 5.92 Å². The molecule has 22 heavy (non-hydrogen) atoms. The standard InChI is InChI=1S/C15H24N4O2S/c1-16-7-9-17(10-8-16)12-13-2-5-18(6-3-13)15-14(19(20)21)4-11-22-15/h4,11,13H,2-3,5-10,12H2,1H3. The molecule has 2 saturated heterocycles. The summed E-state index contributed by atoms with van der Waals surface area (Å²) in [6.07, 6.45) is 2.28. The van der Waals surface area contributed by atoms with Crippen LogP contribution < -0.4 is 4.90 Å². The first-order chi connectivity index (χ1) is 10.6. The Kier molecular flexibility index (Phi) is 4.95. The van der Waals surface area contributed by atoms with E-state index >= 15 is 0 Å². The zero-order valence-electron chi connectivity index (χ0n) is 13.1. The molecular weight excluding hydrogens is 300 g/mol. The third kappa shape index (κ3) is 3.59. The number of nitrogens with zero attached hydrogens (tertiary/aromatic N) is 4. The van der Waals surface area contributed by atoms with E-state index in [1.165, 1.54) is 44.1 Å². The lowest BCUT2D eigenvalue weighted by Crippen LogP contribution is -2.47. The maximum atomic E-state index is 11.1. The summed E-state index contributed by atoms with van der Waals surface area (Å²) in [4.78, 5) is 18.0. The average Bonchev–Trinajstić information content (AvgIpc) is 3.00.